The topological polar surface area (TPSA) is 96.5 Å². The third kappa shape index (κ3) is 8.60. The molecule has 0 saturated heterocycles. The summed E-state index contributed by atoms with van der Waals surface area (Å²) in [4.78, 5) is 37.7. The van der Waals surface area contributed by atoms with Crippen molar-refractivity contribution in [3.8, 4) is 0 Å². The molecule has 2 atom stereocenters. The van der Waals surface area contributed by atoms with Crippen molar-refractivity contribution < 1.29 is 19.1 Å². The zero-order valence-electron chi connectivity index (χ0n) is 20.1. The number of hydrogen-bond donors (Lipinski definition) is 3. The molecule has 3 N–H and O–H groups in total. The predicted molar refractivity (Wildman–Crippen MR) is 129 cm³/mol. The summed E-state index contributed by atoms with van der Waals surface area (Å²) in [5.74, 6) is -0.558. The molecule has 0 radical (unpaired) electrons. The largest absolute Gasteiger partial charge is 0.445 e. The molecule has 178 valence electrons. The van der Waals surface area contributed by atoms with Crippen molar-refractivity contribution in [2.75, 3.05) is 6.54 Å². The van der Waals surface area contributed by atoms with Gasteiger partial charge in [0.05, 0.1) is 0 Å². The molecule has 0 saturated carbocycles. The molecule has 0 fully saturated rings. The third-order valence-electron chi connectivity index (χ3n) is 5.37. The average molecular weight is 454 g/mol. The fourth-order valence-electron chi connectivity index (χ4n) is 3.16. The molecule has 0 spiro atoms. The second-order valence-electron chi connectivity index (χ2n) is 8.86. The molecule has 0 heterocycles. The number of ether oxygens (including phenoxy) is 1. The van der Waals surface area contributed by atoms with Gasteiger partial charge in [-0.15, -0.1) is 0 Å². The Morgan fingerprint density at radius 2 is 1.48 bits per heavy atom. The Morgan fingerprint density at radius 1 is 0.848 bits per heavy atom. The monoisotopic (exact) mass is 453 g/mol. The van der Waals surface area contributed by atoms with E-state index >= 15 is 0 Å². The molecule has 0 aliphatic carbocycles. The lowest BCUT2D eigenvalue weighted by Gasteiger charge is -2.26. The van der Waals surface area contributed by atoms with Crippen molar-refractivity contribution in [2.24, 2.45) is 11.8 Å². The first-order chi connectivity index (χ1) is 15.7. The SMILES string of the molecule is Cc1ccc(C(=O)N[C@H](CNC(=O)C(NC(=O)OCc2ccccc2)C(C)C)C(C)C)cc1. The zero-order chi connectivity index (χ0) is 24.4. The molecule has 7 nitrogen and oxygen atoms in total. The van der Waals surface area contributed by atoms with Crippen LogP contribution in [-0.2, 0) is 16.1 Å². The minimum atomic E-state index is -0.756. The van der Waals surface area contributed by atoms with Crippen molar-refractivity contribution >= 4 is 17.9 Å². The summed E-state index contributed by atoms with van der Waals surface area (Å²) in [5.41, 5.74) is 2.51. The highest BCUT2D eigenvalue weighted by molar-refractivity contribution is 5.94. The van der Waals surface area contributed by atoms with Crippen LogP contribution in [0, 0.1) is 18.8 Å². The molecule has 0 aromatic heterocycles. The van der Waals surface area contributed by atoms with Crippen molar-refractivity contribution in [3.05, 3.63) is 71.3 Å². The Kier molecular flexibility index (Phi) is 9.91. The molecule has 2 aromatic carbocycles. The van der Waals surface area contributed by atoms with E-state index in [0.29, 0.717) is 5.56 Å². The Morgan fingerprint density at radius 3 is 2.06 bits per heavy atom. The number of aryl methyl sites for hydroxylation is 1. The highest BCUT2D eigenvalue weighted by Crippen LogP contribution is 2.08. The minimum Gasteiger partial charge on any atom is -0.445 e. The first kappa shape index (κ1) is 25.9. The van der Waals surface area contributed by atoms with Crippen LogP contribution in [0.2, 0.25) is 0 Å². The second-order valence-corrected chi connectivity index (χ2v) is 8.86. The zero-order valence-corrected chi connectivity index (χ0v) is 20.1. The summed E-state index contributed by atoms with van der Waals surface area (Å²) in [6, 6.07) is 15.6. The van der Waals surface area contributed by atoms with E-state index in [1.54, 1.807) is 12.1 Å². The van der Waals surface area contributed by atoms with E-state index in [9.17, 15) is 14.4 Å². The summed E-state index contributed by atoms with van der Waals surface area (Å²) in [7, 11) is 0. The van der Waals surface area contributed by atoms with Gasteiger partial charge >= 0.3 is 6.09 Å². The number of rotatable bonds is 10. The molecule has 0 aliphatic rings. The highest BCUT2D eigenvalue weighted by atomic mass is 16.5. The lowest BCUT2D eigenvalue weighted by Crippen LogP contribution is -2.53. The summed E-state index contributed by atoms with van der Waals surface area (Å²) in [5, 5.41) is 8.51. The Bertz CT molecular complexity index is 911. The van der Waals surface area contributed by atoms with E-state index in [-0.39, 0.29) is 42.8 Å². The van der Waals surface area contributed by atoms with Crippen molar-refractivity contribution in [1.29, 1.82) is 0 Å². The highest BCUT2D eigenvalue weighted by Gasteiger charge is 2.26. The molecule has 0 bridgehead atoms. The number of benzene rings is 2. The van der Waals surface area contributed by atoms with Gasteiger partial charge in [-0.25, -0.2) is 4.79 Å². The molecule has 2 rings (SSSR count). The van der Waals surface area contributed by atoms with Gasteiger partial charge in [-0.2, -0.15) is 0 Å². The van der Waals surface area contributed by atoms with E-state index in [0.717, 1.165) is 11.1 Å². The van der Waals surface area contributed by atoms with Gasteiger partial charge in [-0.1, -0.05) is 75.7 Å². The summed E-state index contributed by atoms with van der Waals surface area (Å²) in [6.07, 6.45) is -0.652. The third-order valence-corrected chi connectivity index (χ3v) is 5.37. The van der Waals surface area contributed by atoms with Crippen LogP contribution < -0.4 is 16.0 Å². The summed E-state index contributed by atoms with van der Waals surface area (Å²) >= 11 is 0. The van der Waals surface area contributed by atoms with E-state index in [1.807, 2.05) is 77.1 Å². The van der Waals surface area contributed by atoms with Gasteiger partial charge in [-0.3, -0.25) is 9.59 Å². The number of hydrogen-bond acceptors (Lipinski definition) is 4. The maximum atomic E-state index is 12.8. The van der Waals surface area contributed by atoms with Crippen LogP contribution in [0.4, 0.5) is 4.79 Å². The molecule has 1 unspecified atom stereocenters. The standard InChI is InChI=1S/C26H35N3O4/c1-17(2)22(28-24(30)21-13-11-19(5)12-14-21)15-27-25(31)23(18(3)4)29-26(32)33-16-20-9-7-6-8-10-20/h6-14,17-18,22-23H,15-16H2,1-5H3,(H,27,31)(H,28,30)(H,29,32)/t22-,23?/m1/s1. The van der Waals surface area contributed by atoms with Crippen molar-refractivity contribution in [2.45, 2.75) is 53.3 Å². The van der Waals surface area contributed by atoms with Gasteiger partial charge in [0.2, 0.25) is 5.91 Å². The fraction of sp³-hybridized carbons (Fsp3) is 0.423. The molecular weight excluding hydrogens is 418 g/mol. The maximum absolute atomic E-state index is 12.8. The molecule has 7 heteroatoms. The van der Waals surface area contributed by atoms with Gasteiger partial charge in [0.1, 0.15) is 12.6 Å². The van der Waals surface area contributed by atoms with E-state index < -0.39 is 12.1 Å². The Hall–Kier alpha value is -3.35. The summed E-state index contributed by atoms with van der Waals surface area (Å²) < 4.78 is 5.25. The number of carbonyl (C=O) groups excluding carboxylic acids is 3. The van der Waals surface area contributed by atoms with Crippen LogP contribution in [0.3, 0.4) is 0 Å². The van der Waals surface area contributed by atoms with Gasteiger partial charge in [0.25, 0.3) is 5.91 Å². The summed E-state index contributed by atoms with van der Waals surface area (Å²) in [6.45, 7) is 9.99. The minimum absolute atomic E-state index is 0.0981. The number of alkyl carbamates (subject to hydrolysis) is 1. The van der Waals surface area contributed by atoms with Gasteiger partial charge in [-0.05, 0) is 36.5 Å². The second kappa shape index (κ2) is 12.6. The lowest BCUT2D eigenvalue weighted by atomic mass is 10.0. The Balaban J connectivity index is 1.90. The predicted octanol–water partition coefficient (Wildman–Crippen LogP) is 3.82. The van der Waals surface area contributed by atoms with E-state index in [1.165, 1.54) is 0 Å². The van der Waals surface area contributed by atoms with Crippen LogP contribution in [0.25, 0.3) is 0 Å². The van der Waals surface area contributed by atoms with Crippen LogP contribution in [-0.4, -0.2) is 36.5 Å². The molecule has 33 heavy (non-hydrogen) atoms. The first-order valence-electron chi connectivity index (χ1n) is 11.3. The van der Waals surface area contributed by atoms with E-state index in [4.69, 9.17) is 4.74 Å². The van der Waals surface area contributed by atoms with E-state index in [2.05, 4.69) is 16.0 Å². The maximum Gasteiger partial charge on any atom is 0.408 e. The van der Waals surface area contributed by atoms with Gasteiger partial charge < -0.3 is 20.7 Å². The molecular formula is C26H35N3O4. The lowest BCUT2D eigenvalue weighted by molar-refractivity contribution is -0.124. The van der Waals surface area contributed by atoms with Crippen LogP contribution >= 0.6 is 0 Å². The van der Waals surface area contributed by atoms with Gasteiger partial charge in [0, 0.05) is 18.2 Å². The smallest absolute Gasteiger partial charge is 0.408 e. The fourth-order valence-corrected chi connectivity index (χ4v) is 3.16. The first-order valence-corrected chi connectivity index (χ1v) is 11.3. The van der Waals surface area contributed by atoms with Crippen LogP contribution in [0.5, 0.6) is 0 Å². The molecule has 0 aliphatic heterocycles. The van der Waals surface area contributed by atoms with Crippen LogP contribution in [0.1, 0.15) is 49.2 Å². The quantitative estimate of drug-likeness (QED) is 0.510. The van der Waals surface area contributed by atoms with Crippen LogP contribution in [0.15, 0.2) is 54.6 Å². The van der Waals surface area contributed by atoms with Crippen molar-refractivity contribution in [1.82, 2.24) is 16.0 Å². The molecule has 2 aromatic rings. The average Bonchev–Trinajstić information content (AvgIpc) is 2.79. The van der Waals surface area contributed by atoms with Crippen molar-refractivity contribution in [3.63, 3.8) is 0 Å². The normalized spacial score (nSPS) is 12.7. The number of amides is 3. The number of nitrogens with one attached hydrogen (secondary N) is 3. The molecule has 3 amide bonds. The number of carbonyl (C=O) groups is 3. The Labute approximate surface area is 196 Å². The van der Waals surface area contributed by atoms with Gasteiger partial charge in [0.15, 0.2) is 0 Å².